The molecule has 1 aliphatic rings. The SMILES string of the molecule is CC1(C)C(=O)NCCN1CC(=O)Nc1ccccc1CN. The van der Waals surface area contributed by atoms with Gasteiger partial charge in [-0.15, -0.1) is 0 Å². The predicted octanol–water partition coefficient (Wildman–Crippen LogP) is 0.294. The van der Waals surface area contributed by atoms with Crippen molar-refractivity contribution in [3.05, 3.63) is 29.8 Å². The minimum absolute atomic E-state index is 0.0519. The number of benzene rings is 1. The predicted molar refractivity (Wildman–Crippen MR) is 81.6 cm³/mol. The average Bonchev–Trinajstić information content (AvgIpc) is 2.45. The van der Waals surface area contributed by atoms with Crippen LogP contribution in [0.15, 0.2) is 24.3 Å². The van der Waals surface area contributed by atoms with Crippen molar-refractivity contribution in [1.29, 1.82) is 0 Å². The van der Waals surface area contributed by atoms with Crippen molar-refractivity contribution in [2.24, 2.45) is 5.73 Å². The summed E-state index contributed by atoms with van der Waals surface area (Å²) in [4.78, 5) is 26.0. The van der Waals surface area contributed by atoms with Crippen molar-refractivity contribution in [3.63, 3.8) is 0 Å². The Hall–Kier alpha value is -1.92. The molecule has 6 heteroatoms. The van der Waals surface area contributed by atoms with E-state index in [1.165, 1.54) is 0 Å². The summed E-state index contributed by atoms with van der Waals surface area (Å²) in [6.07, 6.45) is 0. The van der Waals surface area contributed by atoms with Crippen LogP contribution >= 0.6 is 0 Å². The fourth-order valence-electron chi connectivity index (χ4n) is 2.40. The van der Waals surface area contributed by atoms with Crippen LogP contribution in [0.5, 0.6) is 0 Å². The fourth-order valence-corrected chi connectivity index (χ4v) is 2.40. The number of hydrogen-bond donors (Lipinski definition) is 3. The van der Waals surface area contributed by atoms with E-state index in [0.717, 1.165) is 11.3 Å². The molecule has 2 amide bonds. The van der Waals surface area contributed by atoms with Gasteiger partial charge in [-0.1, -0.05) is 18.2 Å². The Bertz CT molecular complexity index is 542. The Morgan fingerprint density at radius 3 is 2.86 bits per heavy atom. The molecule has 0 radical (unpaired) electrons. The summed E-state index contributed by atoms with van der Waals surface area (Å²) < 4.78 is 0. The van der Waals surface area contributed by atoms with Crippen LogP contribution in [0, 0.1) is 0 Å². The first-order valence-electron chi connectivity index (χ1n) is 7.06. The molecule has 4 N–H and O–H groups in total. The summed E-state index contributed by atoms with van der Waals surface area (Å²) in [5, 5.41) is 5.68. The number of amides is 2. The molecule has 114 valence electrons. The minimum atomic E-state index is -0.678. The van der Waals surface area contributed by atoms with Gasteiger partial charge >= 0.3 is 0 Å². The van der Waals surface area contributed by atoms with E-state index in [9.17, 15) is 9.59 Å². The summed E-state index contributed by atoms with van der Waals surface area (Å²) in [6.45, 7) is 5.41. The molecule has 1 fully saturated rings. The van der Waals surface area contributed by atoms with E-state index < -0.39 is 5.54 Å². The van der Waals surface area contributed by atoms with Gasteiger partial charge in [-0.25, -0.2) is 0 Å². The van der Waals surface area contributed by atoms with E-state index in [2.05, 4.69) is 10.6 Å². The molecule has 0 unspecified atom stereocenters. The summed E-state index contributed by atoms with van der Waals surface area (Å²) in [6, 6.07) is 7.45. The molecule has 0 spiro atoms. The number of hydrogen-bond acceptors (Lipinski definition) is 4. The van der Waals surface area contributed by atoms with Crippen LogP contribution in [0.25, 0.3) is 0 Å². The number of carbonyl (C=O) groups excluding carboxylic acids is 2. The van der Waals surface area contributed by atoms with Crippen LogP contribution in [0.1, 0.15) is 19.4 Å². The summed E-state index contributed by atoms with van der Waals surface area (Å²) in [5.74, 6) is -0.192. The van der Waals surface area contributed by atoms with E-state index in [0.29, 0.717) is 19.6 Å². The molecule has 1 saturated heterocycles. The summed E-state index contributed by atoms with van der Waals surface area (Å²) in [7, 11) is 0. The third-order valence-corrected chi connectivity index (χ3v) is 3.86. The van der Waals surface area contributed by atoms with Gasteiger partial charge in [-0.05, 0) is 25.5 Å². The van der Waals surface area contributed by atoms with Crippen molar-refractivity contribution < 1.29 is 9.59 Å². The number of para-hydroxylation sites is 1. The zero-order chi connectivity index (χ0) is 15.5. The monoisotopic (exact) mass is 290 g/mol. The van der Waals surface area contributed by atoms with Crippen molar-refractivity contribution in [1.82, 2.24) is 10.2 Å². The Labute approximate surface area is 124 Å². The Morgan fingerprint density at radius 1 is 1.43 bits per heavy atom. The fraction of sp³-hybridized carbons (Fsp3) is 0.467. The van der Waals surface area contributed by atoms with Crippen LogP contribution in [-0.2, 0) is 16.1 Å². The first-order chi connectivity index (χ1) is 9.95. The maximum atomic E-state index is 12.2. The molecule has 1 aromatic rings. The zero-order valence-electron chi connectivity index (χ0n) is 12.5. The van der Waals surface area contributed by atoms with E-state index in [4.69, 9.17) is 5.73 Å². The van der Waals surface area contributed by atoms with Gasteiger partial charge in [0.25, 0.3) is 0 Å². The average molecular weight is 290 g/mol. The van der Waals surface area contributed by atoms with Gasteiger partial charge in [0.15, 0.2) is 0 Å². The quantitative estimate of drug-likeness (QED) is 0.744. The maximum Gasteiger partial charge on any atom is 0.240 e. The maximum absolute atomic E-state index is 12.2. The topological polar surface area (TPSA) is 87.5 Å². The number of rotatable bonds is 4. The van der Waals surface area contributed by atoms with Gasteiger partial charge in [-0.2, -0.15) is 0 Å². The first-order valence-corrected chi connectivity index (χ1v) is 7.06. The van der Waals surface area contributed by atoms with Crippen LogP contribution in [0.3, 0.4) is 0 Å². The molecule has 1 heterocycles. The third-order valence-electron chi connectivity index (χ3n) is 3.86. The molecule has 0 atom stereocenters. The second kappa shape index (κ2) is 6.24. The van der Waals surface area contributed by atoms with Crippen molar-refractivity contribution >= 4 is 17.5 Å². The van der Waals surface area contributed by atoms with Gasteiger partial charge < -0.3 is 16.4 Å². The van der Waals surface area contributed by atoms with Crippen molar-refractivity contribution in [3.8, 4) is 0 Å². The largest absolute Gasteiger partial charge is 0.353 e. The Kier molecular flexibility index (Phi) is 4.59. The molecule has 21 heavy (non-hydrogen) atoms. The molecule has 2 rings (SSSR count). The molecular weight excluding hydrogens is 268 g/mol. The van der Waals surface area contributed by atoms with Gasteiger partial charge in [-0.3, -0.25) is 14.5 Å². The second-order valence-electron chi connectivity index (χ2n) is 5.65. The first kappa shape index (κ1) is 15.5. The minimum Gasteiger partial charge on any atom is -0.353 e. The highest BCUT2D eigenvalue weighted by Gasteiger charge is 2.38. The highest BCUT2D eigenvalue weighted by Crippen LogP contribution is 2.18. The third kappa shape index (κ3) is 3.40. The van der Waals surface area contributed by atoms with Crippen molar-refractivity contribution in [2.75, 3.05) is 25.0 Å². The van der Waals surface area contributed by atoms with Crippen LogP contribution < -0.4 is 16.4 Å². The van der Waals surface area contributed by atoms with E-state index in [-0.39, 0.29) is 18.4 Å². The number of piperazine rings is 1. The Morgan fingerprint density at radius 2 is 2.14 bits per heavy atom. The van der Waals surface area contributed by atoms with E-state index in [1.807, 2.05) is 43.0 Å². The number of anilines is 1. The van der Waals surface area contributed by atoms with E-state index >= 15 is 0 Å². The summed E-state index contributed by atoms with van der Waals surface area (Å²) >= 11 is 0. The molecule has 0 bridgehead atoms. The highest BCUT2D eigenvalue weighted by molar-refractivity contribution is 5.94. The van der Waals surface area contributed by atoms with Crippen LogP contribution in [0.4, 0.5) is 5.69 Å². The lowest BCUT2D eigenvalue weighted by atomic mass is 9.99. The lowest BCUT2D eigenvalue weighted by molar-refractivity contribution is -0.136. The molecular formula is C15H22N4O2. The Balaban J connectivity index is 2.03. The van der Waals surface area contributed by atoms with Crippen LogP contribution in [-0.4, -0.2) is 41.9 Å². The molecule has 0 aliphatic carbocycles. The second-order valence-corrected chi connectivity index (χ2v) is 5.65. The molecule has 0 aromatic heterocycles. The number of nitrogens with two attached hydrogens (primary N) is 1. The van der Waals surface area contributed by atoms with Gasteiger partial charge in [0.2, 0.25) is 11.8 Å². The van der Waals surface area contributed by atoms with Gasteiger partial charge in [0.1, 0.15) is 0 Å². The molecule has 1 aromatic carbocycles. The zero-order valence-corrected chi connectivity index (χ0v) is 12.5. The number of carbonyl (C=O) groups is 2. The lowest BCUT2D eigenvalue weighted by Gasteiger charge is -2.40. The van der Waals surface area contributed by atoms with Gasteiger partial charge in [0, 0.05) is 25.3 Å². The molecule has 1 aliphatic heterocycles. The normalized spacial score (nSPS) is 18.1. The van der Waals surface area contributed by atoms with Crippen LogP contribution in [0.2, 0.25) is 0 Å². The lowest BCUT2D eigenvalue weighted by Crippen LogP contribution is -2.62. The standard InChI is InChI=1S/C15H22N4O2/c1-15(2)14(21)17-7-8-19(15)10-13(20)18-12-6-4-3-5-11(12)9-16/h3-6H,7-10,16H2,1-2H3,(H,17,21)(H,18,20). The molecule has 6 nitrogen and oxygen atoms in total. The van der Waals surface area contributed by atoms with E-state index in [1.54, 1.807) is 0 Å². The highest BCUT2D eigenvalue weighted by atomic mass is 16.2. The molecule has 0 saturated carbocycles. The number of nitrogens with zero attached hydrogens (tertiary/aromatic N) is 1. The van der Waals surface area contributed by atoms with Gasteiger partial charge in [0.05, 0.1) is 12.1 Å². The summed E-state index contributed by atoms with van der Waals surface area (Å²) in [5.41, 5.74) is 6.60. The smallest absolute Gasteiger partial charge is 0.240 e. The van der Waals surface area contributed by atoms with Crippen molar-refractivity contribution in [2.45, 2.75) is 25.9 Å². The number of nitrogens with one attached hydrogen (secondary N) is 2.